The van der Waals surface area contributed by atoms with Gasteiger partial charge >= 0.3 is 23.0 Å². The van der Waals surface area contributed by atoms with Crippen LogP contribution in [0.5, 0.6) is 0 Å². The zero-order chi connectivity index (χ0) is 13.5. The Kier molecular flexibility index (Phi) is 7.94. The standard InChI is InChI=1S/C12H9O2.C5H5.Fe/c13-12(14)11-8-4-3-7-10(11)9-5-1-2-6-9;1-2-4-5-3-1;/h1-8H,(H,13,14);1-5H;/q;;+2. The second-order valence-corrected chi connectivity index (χ2v) is 3.99. The van der Waals surface area contributed by atoms with Gasteiger partial charge in [-0.2, -0.15) is 0 Å². The normalized spacial score (nSPS) is 18.0. The maximum atomic E-state index is 10.9. The molecule has 2 nitrogen and oxygen atoms in total. The molecule has 0 heterocycles. The molecule has 1 aromatic carbocycles. The molecule has 0 spiro atoms. The Bertz CT molecular complexity index is 400. The van der Waals surface area contributed by atoms with Crippen LogP contribution in [-0.2, 0) is 17.1 Å². The molecule has 0 bridgehead atoms. The van der Waals surface area contributed by atoms with Crippen LogP contribution in [0.1, 0.15) is 15.9 Å². The zero-order valence-corrected chi connectivity index (χ0v) is 11.8. The Morgan fingerprint density at radius 1 is 0.800 bits per heavy atom. The van der Waals surface area contributed by atoms with Crippen LogP contribution in [0.25, 0.3) is 0 Å². The molecule has 1 N–H and O–H groups in total. The third kappa shape index (κ3) is 4.95. The summed E-state index contributed by atoms with van der Waals surface area (Å²) in [5.74, 6) is 0.0600. The summed E-state index contributed by atoms with van der Waals surface area (Å²) >= 11 is 0. The van der Waals surface area contributed by atoms with Gasteiger partial charge < -0.3 is 5.11 Å². The predicted octanol–water partition coefficient (Wildman–Crippen LogP) is 3.16. The third-order valence-electron chi connectivity index (χ3n) is 2.69. The summed E-state index contributed by atoms with van der Waals surface area (Å²) in [5, 5.41) is 8.96. The molecule has 0 unspecified atom stereocenters. The molecule has 0 aromatic heterocycles. The summed E-state index contributed by atoms with van der Waals surface area (Å²) in [4.78, 5) is 10.9. The van der Waals surface area contributed by atoms with E-state index in [1.165, 1.54) is 0 Å². The largest absolute Gasteiger partial charge is 2.00 e. The SMILES string of the molecule is O=C(O)c1ccccc1[C]1[CH][CH][CH][CH]1.[CH]1[CH][CH][CH][CH]1.[Fe+2]. The molecule has 20 heavy (non-hydrogen) atoms. The van der Waals surface area contributed by atoms with Crippen LogP contribution < -0.4 is 0 Å². The number of rotatable bonds is 2. The van der Waals surface area contributed by atoms with E-state index in [9.17, 15) is 4.79 Å². The maximum Gasteiger partial charge on any atom is 2.00 e. The Hall–Kier alpha value is -0.791. The van der Waals surface area contributed by atoms with Gasteiger partial charge in [-0.25, -0.2) is 4.79 Å². The average molecular weight is 306 g/mol. The minimum atomic E-state index is -0.887. The van der Waals surface area contributed by atoms with Gasteiger partial charge in [0.05, 0.1) is 5.56 Å². The molecule has 0 amide bonds. The quantitative estimate of drug-likeness (QED) is 0.852. The van der Waals surface area contributed by atoms with Crippen LogP contribution in [-0.4, -0.2) is 11.1 Å². The van der Waals surface area contributed by atoms with Gasteiger partial charge in [-0.05, 0) is 69.4 Å². The second kappa shape index (κ2) is 9.20. The van der Waals surface area contributed by atoms with E-state index in [4.69, 9.17) is 5.11 Å². The summed E-state index contributed by atoms with van der Waals surface area (Å²) in [6.07, 6.45) is 17.6. The molecule has 10 radical (unpaired) electrons. The van der Waals surface area contributed by atoms with Crippen molar-refractivity contribution in [3.8, 4) is 0 Å². The first kappa shape index (κ1) is 17.3. The maximum absolute atomic E-state index is 10.9. The van der Waals surface area contributed by atoms with E-state index >= 15 is 0 Å². The van der Waals surface area contributed by atoms with Crippen molar-refractivity contribution in [1.29, 1.82) is 0 Å². The van der Waals surface area contributed by atoms with Crippen molar-refractivity contribution in [2.75, 3.05) is 0 Å². The summed E-state index contributed by atoms with van der Waals surface area (Å²) in [5.41, 5.74) is 1.11. The molecule has 1 aromatic rings. The van der Waals surface area contributed by atoms with Crippen molar-refractivity contribution in [3.05, 3.63) is 99.1 Å². The monoisotopic (exact) mass is 306 g/mol. The first-order chi connectivity index (χ1) is 9.29. The Labute approximate surface area is 132 Å². The van der Waals surface area contributed by atoms with Crippen molar-refractivity contribution >= 4 is 5.97 Å². The van der Waals surface area contributed by atoms with E-state index in [1.54, 1.807) is 12.1 Å². The van der Waals surface area contributed by atoms with Crippen molar-refractivity contribution in [2.45, 2.75) is 0 Å². The minimum absolute atomic E-state index is 0. The number of hydrogen-bond donors (Lipinski definition) is 1. The second-order valence-electron chi connectivity index (χ2n) is 3.99. The minimum Gasteiger partial charge on any atom is -0.478 e. The van der Waals surface area contributed by atoms with Gasteiger partial charge in [0.1, 0.15) is 0 Å². The van der Waals surface area contributed by atoms with Crippen molar-refractivity contribution in [3.63, 3.8) is 0 Å². The predicted molar refractivity (Wildman–Crippen MR) is 74.4 cm³/mol. The fourth-order valence-electron chi connectivity index (χ4n) is 1.80. The number of aromatic carboxylic acids is 1. The van der Waals surface area contributed by atoms with Crippen LogP contribution in [0.15, 0.2) is 24.3 Å². The number of hydrogen-bond acceptors (Lipinski definition) is 1. The topological polar surface area (TPSA) is 37.3 Å². The number of carboxylic acid groups (broad SMARTS) is 1. The molecule has 2 saturated carbocycles. The number of carboxylic acids is 1. The van der Waals surface area contributed by atoms with Gasteiger partial charge in [0, 0.05) is 5.92 Å². The summed E-state index contributed by atoms with van der Waals surface area (Å²) < 4.78 is 0. The van der Waals surface area contributed by atoms with E-state index in [1.807, 2.05) is 69.9 Å². The molecular weight excluding hydrogens is 292 g/mol. The van der Waals surface area contributed by atoms with E-state index in [0.29, 0.717) is 5.56 Å². The first-order valence-corrected chi connectivity index (χ1v) is 6.00. The Morgan fingerprint density at radius 2 is 1.30 bits per heavy atom. The van der Waals surface area contributed by atoms with Gasteiger partial charge in [0.15, 0.2) is 0 Å². The molecule has 0 atom stereocenters. The van der Waals surface area contributed by atoms with E-state index in [0.717, 1.165) is 11.5 Å². The zero-order valence-electron chi connectivity index (χ0n) is 10.7. The molecule has 3 rings (SSSR count). The molecule has 100 valence electrons. The smallest absolute Gasteiger partial charge is 0.478 e. The molecule has 2 fully saturated rings. The average Bonchev–Trinajstić information content (AvgIpc) is 3.14. The van der Waals surface area contributed by atoms with Gasteiger partial charge in [-0.15, -0.1) is 0 Å². The fraction of sp³-hybridized carbons (Fsp3) is 0. The molecule has 2 aliphatic carbocycles. The fourth-order valence-corrected chi connectivity index (χ4v) is 1.80. The van der Waals surface area contributed by atoms with Gasteiger partial charge in [0.2, 0.25) is 0 Å². The van der Waals surface area contributed by atoms with Crippen molar-refractivity contribution in [2.24, 2.45) is 0 Å². The van der Waals surface area contributed by atoms with Crippen molar-refractivity contribution in [1.82, 2.24) is 0 Å². The van der Waals surface area contributed by atoms with Gasteiger partial charge in [-0.1, -0.05) is 18.2 Å². The molecule has 0 saturated heterocycles. The van der Waals surface area contributed by atoms with Gasteiger partial charge in [-0.3, -0.25) is 0 Å². The molecule has 0 aliphatic heterocycles. The summed E-state index contributed by atoms with van der Waals surface area (Å²) in [6.45, 7) is 0. The van der Waals surface area contributed by atoms with Crippen LogP contribution in [0.2, 0.25) is 0 Å². The first-order valence-electron chi connectivity index (χ1n) is 6.00. The molecule has 2 aliphatic rings. The molecule has 3 heteroatoms. The third-order valence-corrected chi connectivity index (χ3v) is 2.69. The Balaban J connectivity index is 0.000000283. The van der Waals surface area contributed by atoms with Crippen molar-refractivity contribution < 1.29 is 27.0 Å². The summed E-state index contributed by atoms with van der Waals surface area (Å²) in [7, 11) is 0. The van der Waals surface area contributed by atoms with Crippen LogP contribution >= 0.6 is 0 Å². The Morgan fingerprint density at radius 3 is 1.80 bits per heavy atom. The number of benzene rings is 1. The van der Waals surface area contributed by atoms with Gasteiger partial charge in [0.25, 0.3) is 0 Å². The summed E-state index contributed by atoms with van der Waals surface area (Å²) in [6, 6.07) is 7.01. The van der Waals surface area contributed by atoms with E-state index in [2.05, 4.69) is 0 Å². The van der Waals surface area contributed by atoms with E-state index < -0.39 is 5.97 Å². The van der Waals surface area contributed by atoms with E-state index in [-0.39, 0.29) is 17.1 Å². The van der Waals surface area contributed by atoms with Crippen LogP contribution in [0.4, 0.5) is 0 Å². The molecular formula is C17H14FeO2+2. The van der Waals surface area contributed by atoms with Crippen LogP contribution in [0, 0.1) is 63.7 Å². The number of carbonyl (C=O) groups is 1. The van der Waals surface area contributed by atoms with Crippen LogP contribution in [0.3, 0.4) is 0 Å².